The molecule has 1 unspecified atom stereocenters. The van der Waals surface area contributed by atoms with E-state index in [0.717, 1.165) is 19.5 Å². The lowest BCUT2D eigenvalue weighted by atomic mass is 10.3. The molecule has 2 rings (SSSR count). The zero-order chi connectivity index (χ0) is 13.1. The van der Waals surface area contributed by atoms with Gasteiger partial charge in [0.1, 0.15) is 17.6 Å². The zero-order valence-electron chi connectivity index (χ0n) is 10.1. The summed E-state index contributed by atoms with van der Waals surface area (Å²) in [6, 6.07) is 4.81. The van der Waals surface area contributed by atoms with Crippen molar-refractivity contribution in [3.8, 4) is 11.5 Å². The Kier molecular flexibility index (Phi) is 3.93. The van der Waals surface area contributed by atoms with Crippen LogP contribution in [0.15, 0.2) is 18.2 Å². The van der Waals surface area contributed by atoms with Gasteiger partial charge in [0.25, 0.3) is 0 Å². The lowest BCUT2D eigenvalue weighted by Crippen LogP contribution is -2.21. The Bertz CT molecular complexity index is 453. The SMILES string of the molecule is CN1CCC(Oc2cc(Cl)cc(OC(N)=O)c2)C1. The summed E-state index contributed by atoms with van der Waals surface area (Å²) in [4.78, 5) is 12.9. The third-order valence-electron chi connectivity index (χ3n) is 2.71. The van der Waals surface area contributed by atoms with E-state index in [-0.39, 0.29) is 11.9 Å². The summed E-state index contributed by atoms with van der Waals surface area (Å²) in [6.45, 7) is 1.88. The predicted molar refractivity (Wildman–Crippen MR) is 68.2 cm³/mol. The fraction of sp³-hybridized carbons (Fsp3) is 0.417. The molecule has 2 N–H and O–H groups in total. The maximum atomic E-state index is 10.7. The first kappa shape index (κ1) is 13.0. The number of nitrogens with two attached hydrogens (primary N) is 1. The third-order valence-corrected chi connectivity index (χ3v) is 2.93. The Labute approximate surface area is 110 Å². The first-order valence-electron chi connectivity index (χ1n) is 5.66. The second-order valence-electron chi connectivity index (χ2n) is 4.33. The van der Waals surface area contributed by atoms with Gasteiger partial charge in [-0.3, -0.25) is 0 Å². The van der Waals surface area contributed by atoms with Crippen molar-refractivity contribution in [2.45, 2.75) is 12.5 Å². The van der Waals surface area contributed by atoms with Gasteiger partial charge in [0.2, 0.25) is 0 Å². The molecule has 1 atom stereocenters. The molecular weight excluding hydrogens is 256 g/mol. The maximum absolute atomic E-state index is 10.7. The van der Waals surface area contributed by atoms with Crippen LogP contribution in [0.1, 0.15) is 6.42 Å². The van der Waals surface area contributed by atoms with Gasteiger partial charge < -0.3 is 20.1 Å². The van der Waals surface area contributed by atoms with Crippen LogP contribution in [0.3, 0.4) is 0 Å². The van der Waals surface area contributed by atoms with Crippen LogP contribution in [0.5, 0.6) is 11.5 Å². The molecular formula is C12H15ClN2O3. The number of hydrogen-bond donors (Lipinski definition) is 1. The predicted octanol–water partition coefficient (Wildman–Crippen LogP) is 1.88. The zero-order valence-corrected chi connectivity index (χ0v) is 10.8. The van der Waals surface area contributed by atoms with Crippen LogP contribution >= 0.6 is 11.6 Å². The van der Waals surface area contributed by atoms with Crippen LogP contribution in [0.25, 0.3) is 0 Å². The van der Waals surface area contributed by atoms with E-state index in [0.29, 0.717) is 10.8 Å². The van der Waals surface area contributed by atoms with Crippen LogP contribution in [-0.4, -0.2) is 37.2 Å². The van der Waals surface area contributed by atoms with E-state index in [1.54, 1.807) is 12.1 Å². The molecule has 1 amide bonds. The second kappa shape index (κ2) is 5.46. The summed E-state index contributed by atoms with van der Waals surface area (Å²) in [6.07, 6.45) is 0.230. The molecule has 98 valence electrons. The third kappa shape index (κ3) is 3.51. The van der Waals surface area contributed by atoms with Crippen molar-refractivity contribution in [2.24, 2.45) is 5.73 Å². The van der Waals surface area contributed by atoms with Crippen LogP contribution in [0.2, 0.25) is 5.02 Å². The summed E-state index contributed by atoms with van der Waals surface area (Å²) < 4.78 is 10.6. The molecule has 0 radical (unpaired) electrons. The number of carbonyl (C=O) groups excluding carboxylic acids is 1. The number of nitrogens with zero attached hydrogens (tertiary/aromatic N) is 1. The topological polar surface area (TPSA) is 64.8 Å². The number of carbonyl (C=O) groups is 1. The summed E-state index contributed by atoms with van der Waals surface area (Å²) in [7, 11) is 2.04. The Morgan fingerprint density at radius 1 is 1.44 bits per heavy atom. The molecule has 0 spiro atoms. The summed E-state index contributed by atoms with van der Waals surface area (Å²) in [5, 5.41) is 0.440. The van der Waals surface area contributed by atoms with Crippen LogP contribution in [0, 0.1) is 0 Å². The van der Waals surface area contributed by atoms with Gasteiger partial charge in [-0.1, -0.05) is 11.6 Å². The molecule has 1 saturated heterocycles. The Morgan fingerprint density at radius 3 is 2.78 bits per heavy atom. The molecule has 0 saturated carbocycles. The van der Waals surface area contributed by atoms with E-state index < -0.39 is 6.09 Å². The van der Waals surface area contributed by atoms with Gasteiger partial charge in [-0.05, 0) is 25.6 Å². The average molecular weight is 271 g/mol. The first-order valence-corrected chi connectivity index (χ1v) is 6.04. The molecule has 1 fully saturated rings. The quantitative estimate of drug-likeness (QED) is 0.911. The standard InChI is InChI=1S/C12H15ClN2O3/c1-15-3-2-9(7-15)17-10-4-8(13)5-11(6-10)18-12(14)16/h4-6,9H,2-3,7H2,1H3,(H2,14,16). The molecule has 1 aliphatic rings. The van der Waals surface area contributed by atoms with E-state index in [1.165, 1.54) is 6.07 Å². The highest BCUT2D eigenvalue weighted by molar-refractivity contribution is 6.30. The minimum Gasteiger partial charge on any atom is -0.489 e. The van der Waals surface area contributed by atoms with Crippen LogP contribution in [0.4, 0.5) is 4.79 Å². The van der Waals surface area contributed by atoms with Crippen molar-refractivity contribution in [2.75, 3.05) is 20.1 Å². The number of benzene rings is 1. The molecule has 0 aromatic heterocycles. The van der Waals surface area contributed by atoms with Gasteiger partial charge in [-0.2, -0.15) is 0 Å². The van der Waals surface area contributed by atoms with Crippen LogP contribution < -0.4 is 15.2 Å². The van der Waals surface area contributed by atoms with Crippen LogP contribution in [-0.2, 0) is 0 Å². The average Bonchev–Trinajstić information content (AvgIpc) is 2.61. The van der Waals surface area contributed by atoms with Crippen molar-refractivity contribution in [3.05, 3.63) is 23.2 Å². The Balaban J connectivity index is 2.07. The Morgan fingerprint density at radius 2 is 2.17 bits per heavy atom. The molecule has 6 heteroatoms. The molecule has 1 aromatic carbocycles. The normalized spacial score (nSPS) is 19.8. The molecule has 0 bridgehead atoms. The van der Waals surface area contributed by atoms with E-state index in [2.05, 4.69) is 4.90 Å². The highest BCUT2D eigenvalue weighted by Crippen LogP contribution is 2.28. The maximum Gasteiger partial charge on any atom is 0.409 e. The summed E-state index contributed by atoms with van der Waals surface area (Å²) in [5.41, 5.74) is 4.95. The lowest BCUT2D eigenvalue weighted by molar-refractivity contribution is 0.204. The van der Waals surface area contributed by atoms with E-state index >= 15 is 0 Å². The van der Waals surface area contributed by atoms with Crippen molar-refractivity contribution in [1.82, 2.24) is 4.90 Å². The minimum absolute atomic E-state index is 0.134. The molecule has 1 aliphatic heterocycles. The molecule has 0 aliphatic carbocycles. The number of likely N-dealkylation sites (tertiary alicyclic amines) is 1. The molecule has 1 heterocycles. The number of hydrogen-bond acceptors (Lipinski definition) is 4. The number of amides is 1. The largest absolute Gasteiger partial charge is 0.489 e. The highest BCUT2D eigenvalue weighted by atomic mass is 35.5. The fourth-order valence-corrected chi connectivity index (χ4v) is 2.18. The smallest absolute Gasteiger partial charge is 0.409 e. The highest BCUT2D eigenvalue weighted by Gasteiger charge is 2.21. The van der Waals surface area contributed by atoms with Gasteiger partial charge in [-0.25, -0.2) is 4.79 Å². The molecule has 5 nitrogen and oxygen atoms in total. The summed E-state index contributed by atoms with van der Waals surface area (Å²) in [5.74, 6) is 0.871. The van der Waals surface area contributed by atoms with Crippen molar-refractivity contribution < 1.29 is 14.3 Å². The molecule has 18 heavy (non-hydrogen) atoms. The fourth-order valence-electron chi connectivity index (χ4n) is 1.96. The Hall–Kier alpha value is -1.46. The van der Waals surface area contributed by atoms with Crippen molar-refractivity contribution >= 4 is 17.7 Å². The first-order chi connectivity index (χ1) is 8.52. The van der Waals surface area contributed by atoms with Crippen molar-refractivity contribution in [3.63, 3.8) is 0 Å². The van der Waals surface area contributed by atoms with Crippen molar-refractivity contribution in [1.29, 1.82) is 0 Å². The van der Waals surface area contributed by atoms with E-state index in [4.69, 9.17) is 26.8 Å². The summed E-state index contributed by atoms with van der Waals surface area (Å²) >= 11 is 5.93. The van der Waals surface area contributed by atoms with Gasteiger partial charge in [0.15, 0.2) is 0 Å². The van der Waals surface area contributed by atoms with Gasteiger partial charge in [-0.15, -0.1) is 0 Å². The number of ether oxygens (including phenoxy) is 2. The monoisotopic (exact) mass is 270 g/mol. The second-order valence-corrected chi connectivity index (χ2v) is 4.77. The number of halogens is 1. The number of rotatable bonds is 3. The minimum atomic E-state index is -0.871. The van der Waals surface area contributed by atoms with E-state index in [1.807, 2.05) is 7.05 Å². The van der Waals surface area contributed by atoms with Gasteiger partial charge in [0.05, 0.1) is 0 Å². The van der Waals surface area contributed by atoms with Gasteiger partial charge >= 0.3 is 6.09 Å². The molecule has 1 aromatic rings. The number of likely N-dealkylation sites (N-methyl/N-ethyl adjacent to an activating group) is 1. The lowest BCUT2D eigenvalue weighted by Gasteiger charge is -2.14. The van der Waals surface area contributed by atoms with E-state index in [9.17, 15) is 4.79 Å². The van der Waals surface area contributed by atoms with Gasteiger partial charge in [0, 0.05) is 24.2 Å². The number of primary amides is 1.